The Morgan fingerprint density at radius 3 is 3.13 bits per heavy atom. The summed E-state index contributed by atoms with van der Waals surface area (Å²) >= 11 is 0. The summed E-state index contributed by atoms with van der Waals surface area (Å²) in [4.78, 5) is 7.26. The number of hydrogen-bond acceptors (Lipinski definition) is 2. The molecular formula is C12H19N3. The van der Waals surface area contributed by atoms with E-state index in [4.69, 9.17) is 0 Å². The van der Waals surface area contributed by atoms with Crippen molar-refractivity contribution < 1.29 is 0 Å². The summed E-state index contributed by atoms with van der Waals surface area (Å²) < 4.78 is 0. The highest BCUT2D eigenvalue weighted by atomic mass is 15.0. The van der Waals surface area contributed by atoms with Crippen molar-refractivity contribution in [1.82, 2.24) is 15.3 Å². The van der Waals surface area contributed by atoms with Gasteiger partial charge >= 0.3 is 0 Å². The molecule has 82 valence electrons. The second-order valence-corrected chi connectivity index (χ2v) is 4.07. The standard InChI is InChI=1S/C12H19N3/c1-2-4-11(5-3-1)6-7-13-10-12-14-8-9-15-12/h4,8-9,13H,1-3,5-7,10H2,(H,14,15). The zero-order valence-corrected chi connectivity index (χ0v) is 9.13. The average molecular weight is 205 g/mol. The predicted molar refractivity (Wildman–Crippen MR) is 61.5 cm³/mol. The Hall–Kier alpha value is -1.09. The van der Waals surface area contributed by atoms with Gasteiger partial charge in [-0.2, -0.15) is 0 Å². The molecule has 0 saturated heterocycles. The van der Waals surface area contributed by atoms with E-state index in [9.17, 15) is 0 Å². The van der Waals surface area contributed by atoms with Gasteiger partial charge in [-0.15, -0.1) is 0 Å². The third-order valence-electron chi connectivity index (χ3n) is 2.86. The van der Waals surface area contributed by atoms with Gasteiger partial charge in [0.2, 0.25) is 0 Å². The van der Waals surface area contributed by atoms with Crippen molar-refractivity contribution in [2.75, 3.05) is 6.54 Å². The van der Waals surface area contributed by atoms with Crippen LogP contribution in [-0.2, 0) is 6.54 Å². The smallest absolute Gasteiger partial charge is 0.120 e. The molecule has 3 nitrogen and oxygen atoms in total. The fourth-order valence-electron chi connectivity index (χ4n) is 1.98. The van der Waals surface area contributed by atoms with Crippen molar-refractivity contribution in [3.05, 3.63) is 29.9 Å². The minimum atomic E-state index is 0.847. The second-order valence-electron chi connectivity index (χ2n) is 4.07. The number of rotatable bonds is 5. The monoisotopic (exact) mass is 205 g/mol. The Bertz CT molecular complexity index is 301. The number of aromatic amines is 1. The summed E-state index contributed by atoms with van der Waals surface area (Å²) in [5, 5.41) is 3.40. The number of hydrogen-bond donors (Lipinski definition) is 2. The van der Waals surface area contributed by atoms with E-state index >= 15 is 0 Å². The van der Waals surface area contributed by atoms with Gasteiger partial charge in [-0.1, -0.05) is 11.6 Å². The number of H-pyrrole nitrogens is 1. The molecule has 0 fully saturated rings. The van der Waals surface area contributed by atoms with Gasteiger partial charge < -0.3 is 10.3 Å². The zero-order valence-electron chi connectivity index (χ0n) is 9.13. The summed E-state index contributed by atoms with van der Waals surface area (Å²) in [6, 6.07) is 0. The first kappa shape index (κ1) is 10.4. The Kier molecular flexibility index (Phi) is 3.97. The van der Waals surface area contributed by atoms with Gasteiger partial charge in [0.1, 0.15) is 5.82 Å². The topological polar surface area (TPSA) is 40.7 Å². The third kappa shape index (κ3) is 3.51. The number of nitrogens with one attached hydrogen (secondary N) is 2. The molecule has 0 aromatic carbocycles. The Labute approximate surface area is 91.0 Å². The zero-order chi connectivity index (χ0) is 10.3. The van der Waals surface area contributed by atoms with Crippen LogP contribution in [0.2, 0.25) is 0 Å². The molecule has 0 aliphatic heterocycles. The minimum Gasteiger partial charge on any atom is -0.348 e. The van der Waals surface area contributed by atoms with Gasteiger partial charge in [0.15, 0.2) is 0 Å². The number of imidazole rings is 1. The molecule has 1 aromatic heterocycles. The van der Waals surface area contributed by atoms with E-state index < -0.39 is 0 Å². The molecule has 15 heavy (non-hydrogen) atoms. The maximum atomic E-state index is 4.17. The second kappa shape index (κ2) is 5.71. The molecule has 3 heteroatoms. The molecule has 0 atom stereocenters. The number of nitrogens with zero attached hydrogens (tertiary/aromatic N) is 1. The lowest BCUT2D eigenvalue weighted by molar-refractivity contribution is 0.623. The van der Waals surface area contributed by atoms with Gasteiger partial charge in [0, 0.05) is 12.4 Å². The van der Waals surface area contributed by atoms with Crippen molar-refractivity contribution in [2.24, 2.45) is 0 Å². The Morgan fingerprint density at radius 2 is 2.40 bits per heavy atom. The molecule has 2 N–H and O–H groups in total. The van der Waals surface area contributed by atoms with Crippen LogP contribution in [0, 0.1) is 0 Å². The van der Waals surface area contributed by atoms with E-state index in [0.29, 0.717) is 0 Å². The third-order valence-corrected chi connectivity index (χ3v) is 2.86. The highest BCUT2D eigenvalue weighted by Gasteiger charge is 2.02. The summed E-state index contributed by atoms with van der Waals surface area (Å²) in [7, 11) is 0. The van der Waals surface area contributed by atoms with E-state index in [1.165, 1.54) is 32.1 Å². The summed E-state index contributed by atoms with van der Waals surface area (Å²) in [6.45, 7) is 1.91. The largest absolute Gasteiger partial charge is 0.348 e. The van der Waals surface area contributed by atoms with Crippen LogP contribution in [0.4, 0.5) is 0 Å². The first-order valence-corrected chi connectivity index (χ1v) is 5.82. The van der Waals surface area contributed by atoms with Crippen molar-refractivity contribution in [2.45, 2.75) is 38.6 Å². The molecule has 1 aromatic rings. The van der Waals surface area contributed by atoms with Crippen molar-refractivity contribution in [3.63, 3.8) is 0 Å². The van der Waals surface area contributed by atoms with Crippen LogP contribution in [0.3, 0.4) is 0 Å². The number of aromatic nitrogens is 2. The molecule has 0 saturated carbocycles. The molecule has 1 aliphatic carbocycles. The highest BCUT2D eigenvalue weighted by Crippen LogP contribution is 2.19. The maximum Gasteiger partial charge on any atom is 0.120 e. The van der Waals surface area contributed by atoms with Crippen LogP contribution in [-0.4, -0.2) is 16.5 Å². The molecule has 2 rings (SSSR count). The van der Waals surface area contributed by atoms with Gasteiger partial charge in [0.05, 0.1) is 6.54 Å². The van der Waals surface area contributed by atoms with Crippen molar-refractivity contribution in [1.29, 1.82) is 0 Å². The molecule has 0 unspecified atom stereocenters. The normalized spacial score (nSPS) is 16.4. The SMILES string of the molecule is C1=C(CCNCc2ncc[nH]2)CCCC1. The highest BCUT2D eigenvalue weighted by molar-refractivity contribution is 5.05. The summed E-state index contributed by atoms with van der Waals surface area (Å²) in [5.74, 6) is 1.02. The summed E-state index contributed by atoms with van der Waals surface area (Å²) in [5.41, 5.74) is 1.63. The van der Waals surface area contributed by atoms with E-state index in [-0.39, 0.29) is 0 Å². The molecule has 1 heterocycles. The molecule has 1 aliphatic rings. The van der Waals surface area contributed by atoms with E-state index in [1.807, 2.05) is 6.20 Å². The van der Waals surface area contributed by atoms with E-state index in [1.54, 1.807) is 11.8 Å². The maximum absolute atomic E-state index is 4.17. The predicted octanol–water partition coefficient (Wildman–Crippen LogP) is 2.39. The Morgan fingerprint density at radius 1 is 1.40 bits per heavy atom. The fraction of sp³-hybridized carbons (Fsp3) is 0.583. The first-order valence-electron chi connectivity index (χ1n) is 5.82. The van der Waals surface area contributed by atoms with Gasteiger partial charge in [-0.05, 0) is 38.6 Å². The van der Waals surface area contributed by atoms with E-state index in [2.05, 4.69) is 21.4 Å². The van der Waals surface area contributed by atoms with Crippen molar-refractivity contribution >= 4 is 0 Å². The van der Waals surface area contributed by atoms with Crippen molar-refractivity contribution in [3.8, 4) is 0 Å². The molecular weight excluding hydrogens is 186 g/mol. The quantitative estimate of drug-likeness (QED) is 0.572. The van der Waals surface area contributed by atoms with Gasteiger partial charge in [-0.3, -0.25) is 0 Å². The average Bonchev–Trinajstić information content (AvgIpc) is 2.79. The molecule has 0 amide bonds. The molecule has 0 bridgehead atoms. The van der Waals surface area contributed by atoms with Gasteiger partial charge in [0.25, 0.3) is 0 Å². The fourth-order valence-corrected chi connectivity index (χ4v) is 1.98. The van der Waals surface area contributed by atoms with Crippen LogP contribution in [0.25, 0.3) is 0 Å². The van der Waals surface area contributed by atoms with Crippen LogP contribution < -0.4 is 5.32 Å². The van der Waals surface area contributed by atoms with E-state index in [0.717, 1.165) is 18.9 Å². The lowest BCUT2D eigenvalue weighted by Gasteiger charge is -2.12. The van der Waals surface area contributed by atoms with Crippen LogP contribution in [0.15, 0.2) is 24.0 Å². The van der Waals surface area contributed by atoms with Crippen LogP contribution in [0.5, 0.6) is 0 Å². The summed E-state index contributed by atoms with van der Waals surface area (Å²) in [6.07, 6.45) is 12.6. The van der Waals surface area contributed by atoms with Crippen LogP contribution >= 0.6 is 0 Å². The van der Waals surface area contributed by atoms with Gasteiger partial charge in [-0.25, -0.2) is 4.98 Å². The molecule has 0 spiro atoms. The van der Waals surface area contributed by atoms with Crippen LogP contribution in [0.1, 0.15) is 37.9 Å². The molecule has 0 radical (unpaired) electrons. The number of allylic oxidation sites excluding steroid dienone is 1. The first-order chi connectivity index (χ1) is 7.45. The minimum absolute atomic E-state index is 0.847. The lowest BCUT2D eigenvalue weighted by atomic mass is 9.97. The lowest BCUT2D eigenvalue weighted by Crippen LogP contribution is -2.16. The Balaban J connectivity index is 1.60.